The SMILES string of the molecule is Cc1cc(=O)n(C)c(SCC(=O)c2ccccc2)n1. The summed E-state index contributed by atoms with van der Waals surface area (Å²) in [4.78, 5) is 27.8. The summed E-state index contributed by atoms with van der Waals surface area (Å²) >= 11 is 1.28. The molecule has 0 saturated heterocycles. The largest absolute Gasteiger partial charge is 0.293 e. The minimum atomic E-state index is -0.109. The third kappa shape index (κ3) is 3.32. The zero-order valence-corrected chi connectivity index (χ0v) is 11.6. The van der Waals surface area contributed by atoms with Crippen LogP contribution in [0.25, 0.3) is 0 Å². The molecule has 19 heavy (non-hydrogen) atoms. The molecule has 0 bridgehead atoms. The molecular weight excluding hydrogens is 260 g/mol. The van der Waals surface area contributed by atoms with Gasteiger partial charge >= 0.3 is 0 Å². The smallest absolute Gasteiger partial charge is 0.254 e. The van der Waals surface area contributed by atoms with Gasteiger partial charge in [-0.25, -0.2) is 4.98 Å². The molecule has 0 fully saturated rings. The first kappa shape index (κ1) is 13.5. The van der Waals surface area contributed by atoms with Gasteiger partial charge in [0.15, 0.2) is 10.9 Å². The van der Waals surface area contributed by atoms with Crippen LogP contribution in [0.15, 0.2) is 46.3 Å². The number of hydrogen-bond acceptors (Lipinski definition) is 4. The Labute approximate surface area is 115 Å². The first-order chi connectivity index (χ1) is 9.08. The van der Waals surface area contributed by atoms with Crippen molar-refractivity contribution < 1.29 is 4.79 Å². The third-order valence-corrected chi connectivity index (χ3v) is 3.68. The monoisotopic (exact) mass is 274 g/mol. The number of nitrogens with zero attached hydrogens (tertiary/aromatic N) is 2. The first-order valence-electron chi connectivity index (χ1n) is 5.83. The number of carbonyl (C=O) groups is 1. The van der Waals surface area contributed by atoms with Crippen molar-refractivity contribution in [3.63, 3.8) is 0 Å². The van der Waals surface area contributed by atoms with Gasteiger partial charge in [0.05, 0.1) is 5.75 Å². The predicted molar refractivity (Wildman–Crippen MR) is 75.7 cm³/mol. The lowest BCUT2D eigenvalue weighted by Crippen LogP contribution is -2.20. The van der Waals surface area contributed by atoms with Crippen molar-refractivity contribution in [2.75, 3.05) is 5.75 Å². The van der Waals surface area contributed by atoms with E-state index in [1.807, 2.05) is 18.2 Å². The van der Waals surface area contributed by atoms with Crippen molar-refractivity contribution in [2.24, 2.45) is 7.05 Å². The molecule has 0 saturated carbocycles. The second kappa shape index (κ2) is 5.84. The van der Waals surface area contributed by atoms with Crippen molar-refractivity contribution >= 4 is 17.5 Å². The van der Waals surface area contributed by atoms with Crippen molar-refractivity contribution in [3.8, 4) is 0 Å². The van der Waals surface area contributed by atoms with Gasteiger partial charge in [-0.2, -0.15) is 0 Å². The van der Waals surface area contributed by atoms with Gasteiger partial charge in [0.2, 0.25) is 0 Å². The lowest BCUT2D eigenvalue weighted by Gasteiger charge is -2.06. The first-order valence-corrected chi connectivity index (χ1v) is 6.82. The summed E-state index contributed by atoms with van der Waals surface area (Å²) in [5, 5.41) is 0.564. The van der Waals surface area contributed by atoms with Gasteiger partial charge in [0.25, 0.3) is 5.56 Å². The highest BCUT2D eigenvalue weighted by Gasteiger charge is 2.09. The zero-order chi connectivity index (χ0) is 13.8. The number of thioether (sulfide) groups is 1. The molecule has 2 rings (SSSR count). The van der Waals surface area contributed by atoms with Gasteiger partial charge < -0.3 is 0 Å². The Morgan fingerprint density at radius 3 is 2.68 bits per heavy atom. The van der Waals surface area contributed by atoms with Crippen molar-refractivity contribution in [2.45, 2.75) is 12.1 Å². The molecule has 1 aromatic carbocycles. The van der Waals surface area contributed by atoms with E-state index in [9.17, 15) is 9.59 Å². The van der Waals surface area contributed by atoms with Crippen molar-refractivity contribution in [3.05, 3.63) is 58.0 Å². The molecule has 1 aromatic heterocycles. The highest BCUT2D eigenvalue weighted by Crippen LogP contribution is 2.15. The van der Waals surface area contributed by atoms with Crippen molar-refractivity contribution in [1.29, 1.82) is 0 Å². The molecule has 5 heteroatoms. The zero-order valence-electron chi connectivity index (χ0n) is 10.8. The van der Waals surface area contributed by atoms with Crippen LogP contribution in [-0.2, 0) is 7.05 Å². The highest BCUT2D eigenvalue weighted by molar-refractivity contribution is 7.99. The number of carbonyl (C=O) groups excluding carboxylic acids is 1. The van der Waals surface area contributed by atoms with Gasteiger partial charge in [0, 0.05) is 24.4 Å². The Hall–Kier alpha value is -1.88. The van der Waals surface area contributed by atoms with Crippen LogP contribution in [0.5, 0.6) is 0 Å². The van der Waals surface area contributed by atoms with Crippen LogP contribution in [0, 0.1) is 6.92 Å². The van der Waals surface area contributed by atoms with E-state index >= 15 is 0 Å². The molecular formula is C14H14N2O2S. The fraction of sp³-hybridized carbons (Fsp3) is 0.214. The molecule has 0 spiro atoms. The fourth-order valence-corrected chi connectivity index (χ4v) is 2.51. The molecule has 98 valence electrons. The van der Waals surface area contributed by atoms with Gasteiger partial charge in [-0.05, 0) is 6.92 Å². The summed E-state index contributed by atoms with van der Waals surface area (Å²) in [6, 6.07) is 10.6. The summed E-state index contributed by atoms with van der Waals surface area (Å²) in [6.07, 6.45) is 0. The van der Waals surface area contributed by atoms with Crippen molar-refractivity contribution in [1.82, 2.24) is 9.55 Å². The Morgan fingerprint density at radius 1 is 1.32 bits per heavy atom. The molecule has 0 aliphatic heterocycles. The maximum absolute atomic E-state index is 12.0. The number of benzene rings is 1. The molecule has 0 amide bonds. The minimum Gasteiger partial charge on any atom is -0.293 e. The second-order valence-electron chi connectivity index (χ2n) is 4.16. The summed E-state index contributed by atoms with van der Waals surface area (Å²) in [5.41, 5.74) is 1.23. The minimum absolute atomic E-state index is 0.0290. The standard InChI is InChI=1S/C14H14N2O2S/c1-10-8-13(18)16(2)14(15-10)19-9-12(17)11-6-4-3-5-7-11/h3-8H,9H2,1-2H3. The number of ketones is 1. The van der Waals surface area contributed by atoms with Gasteiger partial charge in [-0.1, -0.05) is 42.1 Å². The fourth-order valence-electron chi connectivity index (χ4n) is 1.59. The van der Waals surface area contributed by atoms with E-state index in [2.05, 4.69) is 4.98 Å². The molecule has 0 aliphatic rings. The molecule has 4 nitrogen and oxygen atoms in total. The van der Waals surface area contributed by atoms with Gasteiger partial charge in [-0.3, -0.25) is 14.2 Å². The van der Waals surface area contributed by atoms with Crippen LogP contribution in [-0.4, -0.2) is 21.1 Å². The summed E-state index contributed by atoms with van der Waals surface area (Å²) in [5.74, 6) is 0.301. The van der Waals surface area contributed by atoms with Gasteiger partial charge in [-0.15, -0.1) is 0 Å². The predicted octanol–water partition coefficient (Wildman–Crippen LogP) is 2.06. The lowest BCUT2D eigenvalue weighted by atomic mass is 10.2. The topological polar surface area (TPSA) is 52.0 Å². The van der Waals surface area contributed by atoms with E-state index in [4.69, 9.17) is 0 Å². The van der Waals surface area contributed by atoms with Crippen LogP contribution < -0.4 is 5.56 Å². The summed E-state index contributed by atoms with van der Waals surface area (Å²) in [7, 11) is 1.66. The van der Waals surface area contributed by atoms with Crippen LogP contribution in [0.3, 0.4) is 0 Å². The Morgan fingerprint density at radius 2 is 2.00 bits per heavy atom. The number of aromatic nitrogens is 2. The molecule has 0 aliphatic carbocycles. The number of Topliss-reactive ketones (excluding diaryl/α,β-unsaturated/α-hetero) is 1. The number of hydrogen-bond donors (Lipinski definition) is 0. The molecule has 2 aromatic rings. The van der Waals surface area contributed by atoms with E-state index in [0.717, 1.165) is 0 Å². The number of aryl methyl sites for hydroxylation is 1. The maximum Gasteiger partial charge on any atom is 0.254 e. The molecule has 0 N–H and O–H groups in total. The lowest BCUT2D eigenvalue weighted by molar-refractivity contribution is 0.102. The molecule has 0 atom stereocenters. The quantitative estimate of drug-likeness (QED) is 0.486. The second-order valence-corrected chi connectivity index (χ2v) is 5.10. The van der Waals surface area contributed by atoms with E-state index in [1.165, 1.54) is 22.4 Å². The maximum atomic E-state index is 12.0. The Kier molecular flexibility index (Phi) is 4.16. The van der Waals surface area contributed by atoms with Crippen LogP contribution in [0.4, 0.5) is 0 Å². The summed E-state index contributed by atoms with van der Waals surface area (Å²) < 4.78 is 1.45. The Balaban J connectivity index is 2.12. The van der Waals surface area contributed by atoms with Crippen LogP contribution in [0.1, 0.15) is 16.1 Å². The van der Waals surface area contributed by atoms with E-state index < -0.39 is 0 Å². The van der Waals surface area contributed by atoms with Gasteiger partial charge in [0.1, 0.15) is 0 Å². The normalized spacial score (nSPS) is 10.4. The van der Waals surface area contributed by atoms with E-state index in [0.29, 0.717) is 16.4 Å². The molecule has 1 heterocycles. The molecule has 0 radical (unpaired) electrons. The molecule has 0 unspecified atom stereocenters. The van der Waals surface area contributed by atoms with E-state index in [1.54, 1.807) is 26.1 Å². The highest BCUT2D eigenvalue weighted by atomic mass is 32.2. The average Bonchev–Trinajstić information content (AvgIpc) is 2.41. The summed E-state index contributed by atoms with van der Waals surface area (Å²) in [6.45, 7) is 1.77. The number of rotatable bonds is 4. The van der Waals surface area contributed by atoms with Crippen LogP contribution in [0.2, 0.25) is 0 Å². The Bertz CT molecular complexity index is 650. The van der Waals surface area contributed by atoms with Crippen LogP contribution >= 0.6 is 11.8 Å². The van der Waals surface area contributed by atoms with E-state index in [-0.39, 0.29) is 17.1 Å². The average molecular weight is 274 g/mol. The third-order valence-electron chi connectivity index (χ3n) is 2.65.